The Hall–Kier alpha value is -2.74. The minimum atomic E-state index is 0.964. The van der Waals surface area contributed by atoms with Gasteiger partial charge in [0.25, 0.3) is 0 Å². The summed E-state index contributed by atoms with van der Waals surface area (Å²) in [6.45, 7) is 4.20. The molecule has 0 aliphatic carbocycles. The van der Waals surface area contributed by atoms with Crippen molar-refractivity contribution < 1.29 is 0 Å². The largest absolute Gasteiger partial charge is 0.254 e. The maximum atomic E-state index is 4.81. The summed E-state index contributed by atoms with van der Waals surface area (Å²) < 4.78 is 0. The predicted molar refractivity (Wildman–Crippen MR) is 93.2 cm³/mol. The molecule has 2 aromatic carbocycles. The van der Waals surface area contributed by atoms with Crippen LogP contribution < -0.4 is 0 Å². The van der Waals surface area contributed by atoms with Gasteiger partial charge in [-0.2, -0.15) is 0 Å². The van der Waals surface area contributed by atoms with Gasteiger partial charge in [-0.05, 0) is 25.5 Å². The molecule has 0 saturated carbocycles. The smallest absolute Gasteiger partial charge is 0.0987 e. The molecule has 0 radical (unpaired) electrons. The van der Waals surface area contributed by atoms with Gasteiger partial charge in [0.05, 0.1) is 17.1 Å². The predicted octanol–water partition coefficient (Wildman–Crippen LogP) is 4.59. The van der Waals surface area contributed by atoms with Crippen LogP contribution in [0.2, 0.25) is 0 Å². The average molecular weight is 284 g/mol. The highest BCUT2D eigenvalue weighted by atomic mass is 14.9. The summed E-state index contributed by atoms with van der Waals surface area (Å²) in [5, 5.41) is 0. The van der Waals surface area contributed by atoms with Crippen molar-refractivity contribution in [1.29, 1.82) is 0 Å². The van der Waals surface area contributed by atoms with Crippen LogP contribution in [0.1, 0.15) is 22.3 Å². The van der Waals surface area contributed by atoms with Crippen LogP contribution in [-0.2, 0) is 0 Å². The van der Waals surface area contributed by atoms with Crippen LogP contribution in [0.15, 0.2) is 70.8 Å². The second-order valence-corrected chi connectivity index (χ2v) is 5.75. The topological polar surface area (TPSA) is 24.7 Å². The van der Waals surface area contributed by atoms with Crippen molar-refractivity contribution in [3.05, 3.63) is 83.1 Å². The molecule has 0 unspecified atom stereocenters. The van der Waals surface area contributed by atoms with Crippen molar-refractivity contribution in [1.82, 2.24) is 0 Å². The third kappa shape index (κ3) is 2.04. The fourth-order valence-corrected chi connectivity index (χ4v) is 2.81. The molecule has 2 aliphatic heterocycles. The lowest BCUT2D eigenvalue weighted by Crippen LogP contribution is -2.05. The molecule has 2 nitrogen and oxygen atoms in total. The number of hydrogen-bond donors (Lipinski definition) is 0. The quantitative estimate of drug-likeness (QED) is 0.770. The van der Waals surface area contributed by atoms with Crippen LogP contribution in [0, 0.1) is 13.8 Å². The molecule has 2 aliphatic rings. The average Bonchev–Trinajstić information content (AvgIpc) is 3.10. The van der Waals surface area contributed by atoms with Gasteiger partial charge in [0.2, 0.25) is 0 Å². The molecule has 106 valence electrons. The Morgan fingerprint density at radius 2 is 1.32 bits per heavy atom. The van der Waals surface area contributed by atoms with E-state index in [1.165, 1.54) is 16.7 Å². The molecule has 2 heterocycles. The van der Waals surface area contributed by atoms with Crippen molar-refractivity contribution >= 4 is 22.7 Å². The standard InChI is InChI=1S/C20H16N2/c1-13-3-7-15(8-4-13)18-19(16-9-5-14(2)6-10-16)22-17-11-12-21-20(17)18/h3-12H,1-2H3. The molecule has 4 rings (SSSR count). The Labute approximate surface area is 130 Å². The van der Waals surface area contributed by atoms with Gasteiger partial charge in [-0.15, -0.1) is 0 Å². The zero-order valence-corrected chi connectivity index (χ0v) is 12.7. The van der Waals surface area contributed by atoms with Crippen molar-refractivity contribution in [2.45, 2.75) is 13.8 Å². The molecule has 0 amide bonds. The van der Waals surface area contributed by atoms with E-state index in [0.717, 1.165) is 28.3 Å². The number of hydrogen-bond acceptors (Lipinski definition) is 2. The van der Waals surface area contributed by atoms with E-state index < -0.39 is 0 Å². The van der Waals surface area contributed by atoms with Crippen LogP contribution in [0.3, 0.4) is 0 Å². The first kappa shape index (κ1) is 13.0. The van der Waals surface area contributed by atoms with Gasteiger partial charge in [-0.1, -0.05) is 59.7 Å². The van der Waals surface area contributed by atoms with E-state index in [2.05, 4.69) is 67.4 Å². The molecule has 0 spiro atoms. The first-order chi connectivity index (χ1) is 10.7. The summed E-state index contributed by atoms with van der Waals surface area (Å²) in [6.07, 6.45) is 3.80. The maximum Gasteiger partial charge on any atom is 0.0987 e. The molecule has 2 heteroatoms. The molecule has 0 N–H and O–H groups in total. The zero-order chi connectivity index (χ0) is 15.1. The van der Waals surface area contributed by atoms with E-state index in [1.54, 1.807) is 0 Å². The summed E-state index contributed by atoms with van der Waals surface area (Å²) >= 11 is 0. The van der Waals surface area contributed by atoms with Crippen molar-refractivity contribution in [2.24, 2.45) is 9.98 Å². The monoisotopic (exact) mass is 284 g/mol. The highest BCUT2D eigenvalue weighted by Crippen LogP contribution is 2.36. The highest BCUT2D eigenvalue weighted by molar-refractivity contribution is 6.67. The third-order valence-electron chi connectivity index (χ3n) is 4.05. The van der Waals surface area contributed by atoms with E-state index >= 15 is 0 Å². The second kappa shape index (κ2) is 4.92. The fourth-order valence-electron chi connectivity index (χ4n) is 2.81. The molecular formula is C20H16N2. The number of aryl methyl sites for hydroxylation is 2. The van der Waals surface area contributed by atoms with Gasteiger partial charge in [-0.25, -0.2) is 4.99 Å². The number of nitrogens with zero attached hydrogens (tertiary/aromatic N) is 2. The Morgan fingerprint density at radius 1 is 0.727 bits per heavy atom. The minimum absolute atomic E-state index is 0.964. The third-order valence-corrected chi connectivity index (χ3v) is 4.05. The normalized spacial score (nSPS) is 15.9. The van der Waals surface area contributed by atoms with Crippen molar-refractivity contribution in [2.75, 3.05) is 0 Å². The van der Waals surface area contributed by atoms with Crippen LogP contribution in [-0.4, -0.2) is 11.4 Å². The van der Waals surface area contributed by atoms with Gasteiger partial charge in [-0.3, -0.25) is 4.99 Å². The Morgan fingerprint density at radius 3 is 1.95 bits per heavy atom. The first-order valence-corrected chi connectivity index (χ1v) is 7.44. The lowest BCUT2D eigenvalue weighted by atomic mass is 9.95. The Balaban J connectivity index is 1.91. The SMILES string of the molecule is Cc1ccc(C2=C(c3ccc(C)cc3)C3=NC=CC3=N2)cc1. The van der Waals surface area contributed by atoms with Crippen LogP contribution >= 0.6 is 0 Å². The number of fused-ring (bicyclic) bond motifs is 1. The van der Waals surface area contributed by atoms with Crippen LogP contribution in [0.4, 0.5) is 0 Å². The molecule has 0 saturated heterocycles. The lowest BCUT2D eigenvalue weighted by Gasteiger charge is -2.08. The fraction of sp³-hybridized carbons (Fsp3) is 0.100. The minimum Gasteiger partial charge on any atom is -0.254 e. The van der Waals surface area contributed by atoms with Gasteiger partial charge < -0.3 is 0 Å². The number of aliphatic imine (C=N–C) groups is 2. The summed E-state index contributed by atoms with van der Waals surface area (Å²) in [6, 6.07) is 17.1. The number of allylic oxidation sites excluding steroid dienone is 2. The molecule has 0 atom stereocenters. The Bertz CT molecular complexity index is 813. The molecular weight excluding hydrogens is 268 g/mol. The van der Waals surface area contributed by atoms with Gasteiger partial charge >= 0.3 is 0 Å². The van der Waals surface area contributed by atoms with Gasteiger partial charge in [0.15, 0.2) is 0 Å². The molecule has 0 aromatic heterocycles. The summed E-state index contributed by atoms with van der Waals surface area (Å²) in [7, 11) is 0. The van der Waals surface area contributed by atoms with E-state index in [1.807, 2.05) is 12.3 Å². The second-order valence-electron chi connectivity index (χ2n) is 5.75. The van der Waals surface area contributed by atoms with E-state index in [9.17, 15) is 0 Å². The van der Waals surface area contributed by atoms with Gasteiger partial charge in [0, 0.05) is 17.3 Å². The van der Waals surface area contributed by atoms with E-state index in [-0.39, 0.29) is 0 Å². The van der Waals surface area contributed by atoms with Crippen LogP contribution in [0.5, 0.6) is 0 Å². The van der Waals surface area contributed by atoms with Gasteiger partial charge in [0.1, 0.15) is 0 Å². The summed E-state index contributed by atoms with van der Waals surface area (Å²) in [5.41, 5.74) is 8.91. The molecule has 0 fully saturated rings. The highest BCUT2D eigenvalue weighted by Gasteiger charge is 2.27. The van der Waals surface area contributed by atoms with Crippen molar-refractivity contribution in [3.8, 4) is 0 Å². The summed E-state index contributed by atoms with van der Waals surface area (Å²) in [4.78, 5) is 9.33. The van der Waals surface area contributed by atoms with E-state index in [4.69, 9.17) is 4.99 Å². The maximum absolute atomic E-state index is 4.81. The first-order valence-electron chi connectivity index (χ1n) is 7.44. The lowest BCUT2D eigenvalue weighted by molar-refractivity contribution is 1.43. The number of rotatable bonds is 2. The Kier molecular flexibility index (Phi) is 2.90. The molecule has 2 aromatic rings. The number of benzene rings is 2. The van der Waals surface area contributed by atoms with E-state index in [0.29, 0.717) is 0 Å². The van der Waals surface area contributed by atoms with Crippen LogP contribution in [0.25, 0.3) is 11.3 Å². The zero-order valence-electron chi connectivity index (χ0n) is 12.7. The van der Waals surface area contributed by atoms with Crippen molar-refractivity contribution in [3.63, 3.8) is 0 Å². The molecule has 22 heavy (non-hydrogen) atoms. The molecule has 0 bridgehead atoms. The summed E-state index contributed by atoms with van der Waals surface area (Å²) in [5.74, 6) is 0.